The first-order valence-electron chi connectivity index (χ1n) is 7.78. The molecule has 27 heavy (non-hydrogen) atoms. The van der Waals surface area contributed by atoms with Gasteiger partial charge in [0.1, 0.15) is 5.54 Å². The lowest BCUT2D eigenvalue weighted by Gasteiger charge is -2.22. The van der Waals surface area contributed by atoms with Crippen molar-refractivity contribution in [2.24, 2.45) is 0 Å². The Labute approximate surface area is 150 Å². The number of carbonyl (C=O) groups is 2. The van der Waals surface area contributed by atoms with E-state index in [2.05, 4.69) is 5.32 Å². The summed E-state index contributed by atoms with van der Waals surface area (Å²) in [6, 6.07) is 6.08. The Hall–Kier alpha value is -2.97. The zero-order chi connectivity index (χ0) is 20.0. The first-order chi connectivity index (χ1) is 12.5. The van der Waals surface area contributed by atoms with Crippen LogP contribution in [0.5, 0.6) is 0 Å². The Bertz CT molecular complexity index is 911. The van der Waals surface area contributed by atoms with Gasteiger partial charge in [-0.3, -0.25) is 9.69 Å². The highest BCUT2D eigenvalue weighted by atomic mass is 19.4. The molecule has 1 aliphatic rings. The van der Waals surface area contributed by atoms with Crippen molar-refractivity contribution in [1.29, 1.82) is 0 Å². The molecule has 1 atom stereocenters. The maximum atomic E-state index is 13.5. The van der Waals surface area contributed by atoms with Gasteiger partial charge in [-0.1, -0.05) is 18.2 Å². The van der Waals surface area contributed by atoms with Gasteiger partial charge >= 0.3 is 12.2 Å². The normalized spacial score (nSPS) is 20.1. The van der Waals surface area contributed by atoms with Crippen molar-refractivity contribution in [3.63, 3.8) is 0 Å². The summed E-state index contributed by atoms with van der Waals surface area (Å²) in [6.07, 6.45) is -4.50. The van der Waals surface area contributed by atoms with Gasteiger partial charge in [0.15, 0.2) is 11.6 Å². The standard InChI is InChI=1S/C18H13F5N2O2/c1-17(12-6-7-13(19)14(20)8-12)15(26)25(16(27)24-17)9-10-2-4-11(5-3-10)18(21,22)23/h2-8H,9H2,1H3,(H,24,27). The molecule has 0 aromatic heterocycles. The van der Waals surface area contributed by atoms with Crippen molar-refractivity contribution in [1.82, 2.24) is 10.2 Å². The molecule has 9 heteroatoms. The fourth-order valence-corrected chi connectivity index (χ4v) is 2.83. The van der Waals surface area contributed by atoms with E-state index < -0.39 is 40.9 Å². The number of urea groups is 1. The largest absolute Gasteiger partial charge is 0.416 e. The Morgan fingerprint density at radius 1 is 1.00 bits per heavy atom. The molecule has 1 aliphatic heterocycles. The fourth-order valence-electron chi connectivity index (χ4n) is 2.83. The van der Waals surface area contributed by atoms with Crippen LogP contribution < -0.4 is 5.32 Å². The highest BCUT2D eigenvalue weighted by Crippen LogP contribution is 2.32. The van der Waals surface area contributed by atoms with Crippen LogP contribution in [0.25, 0.3) is 0 Å². The summed E-state index contributed by atoms with van der Waals surface area (Å²) in [6.45, 7) is 1.08. The maximum Gasteiger partial charge on any atom is 0.416 e. The van der Waals surface area contributed by atoms with Crippen molar-refractivity contribution in [3.8, 4) is 0 Å². The Morgan fingerprint density at radius 3 is 2.19 bits per heavy atom. The summed E-state index contributed by atoms with van der Waals surface area (Å²) in [5.41, 5.74) is -2.11. The van der Waals surface area contributed by atoms with Gasteiger partial charge in [-0.25, -0.2) is 13.6 Å². The van der Waals surface area contributed by atoms with Gasteiger partial charge in [0, 0.05) is 0 Å². The zero-order valence-corrected chi connectivity index (χ0v) is 13.9. The van der Waals surface area contributed by atoms with Gasteiger partial charge in [0.25, 0.3) is 5.91 Å². The second kappa shape index (κ2) is 6.33. The summed E-state index contributed by atoms with van der Waals surface area (Å²) in [7, 11) is 0. The number of rotatable bonds is 3. The molecule has 2 aromatic rings. The van der Waals surface area contributed by atoms with E-state index >= 15 is 0 Å². The van der Waals surface area contributed by atoms with Gasteiger partial charge in [-0.2, -0.15) is 13.2 Å². The highest BCUT2D eigenvalue weighted by Gasteiger charge is 2.49. The molecule has 4 nitrogen and oxygen atoms in total. The summed E-state index contributed by atoms with van der Waals surface area (Å²) in [4.78, 5) is 25.7. The molecule has 1 unspecified atom stereocenters. The molecule has 3 amide bonds. The number of alkyl halides is 3. The van der Waals surface area contributed by atoms with Crippen molar-refractivity contribution in [2.75, 3.05) is 0 Å². The molecule has 142 valence electrons. The van der Waals surface area contributed by atoms with Crippen LogP contribution in [-0.2, 0) is 23.1 Å². The van der Waals surface area contributed by atoms with Crippen LogP contribution in [-0.4, -0.2) is 16.8 Å². The lowest BCUT2D eigenvalue weighted by Crippen LogP contribution is -2.41. The first kappa shape index (κ1) is 18.8. The van der Waals surface area contributed by atoms with Crippen LogP contribution in [0.2, 0.25) is 0 Å². The maximum absolute atomic E-state index is 13.5. The molecule has 0 spiro atoms. The minimum Gasteiger partial charge on any atom is -0.319 e. The molecule has 0 radical (unpaired) electrons. The number of nitrogens with one attached hydrogen (secondary N) is 1. The highest BCUT2D eigenvalue weighted by molar-refractivity contribution is 6.07. The van der Waals surface area contributed by atoms with E-state index in [4.69, 9.17) is 0 Å². The molecule has 1 heterocycles. The Kier molecular flexibility index (Phi) is 4.41. The lowest BCUT2D eigenvalue weighted by molar-refractivity contribution is -0.137. The van der Waals surface area contributed by atoms with Crippen LogP contribution in [0, 0.1) is 11.6 Å². The Balaban J connectivity index is 1.84. The minimum absolute atomic E-state index is 0.0506. The third-order valence-corrected chi connectivity index (χ3v) is 4.39. The molecular weight excluding hydrogens is 371 g/mol. The molecule has 1 fully saturated rings. The number of halogens is 5. The van der Waals surface area contributed by atoms with Gasteiger partial charge < -0.3 is 5.32 Å². The molecule has 0 aliphatic carbocycles. The van der Waals surface area contributed by atoms with E-state index in [0.717, 1.165) is 41.3 Å². The van der Waals surface area contributed by atoms with E-state index in [1.165, 1.54) is 13.0 Å². The summed E-state index contributed by atoms with van der Waals surface area (Å²) in [5, 5.41) is 2.42. The number of carbonyl (C=O) groups excluding carboxylic acids is 2. The van der Waals surface area contributed by atoms with E-state index in [-0.39, 0.29) is 12.1 Å². The fraction of sp³-hybridized carbons (Fsp3) is 0.222. The quantitative estimate of drug-likeness (QED) is 0.644. The lowest BCUT2D eigenvalue weighted by atomic mass is 9.92. The van der Waals surface area contributed by atoms with Crippen LogP contribution >= 0.6 is 0 Å². The van der Waals surface area contributed by atoms with Crippen molar-refractivity contribution >= 4 is 11.9 Å². The number of hydrogen-bond donors (Lipinski definition) is 1. The number of benzene rings is 2. The number of nitrogens with zero attached hydrogens (tertiary/aromatic N) is 1. The van der Waals surface area contributed by atoms with Crippen LogP contribution in [0.4, 0.5) is 26.7 Å². The van der Waals surface area contributed by atoms with Crippen LogP contribution in [0.3, 0.4) is 0 Å². The summed E-state index contributed by atoms with van der Waals surface area (Å²) < 4.78 is 64.5. The average molecular weight is 384 g/mol. The molecule has 0 saturated carbocycles. The first-order valence-corrected chi connectivity index (χ1v) is 7.78. The van der Waals surface area contributed by atoms with E-state index in [0.29, 0.717) is 5.56 Å². The number of imide groups is 1. The third-order valence-electron chi connectivity index (χ3n) is 4.39. The number of amides is 3. The summed E-state index contributed by atoms with van der Waals surface area (Å²) >= 11 is 0. The van der Waals surface area contributed by atoms with E-state index in [1.54, 1.807) is 0 Å². The molecule has 3 rings (SSSR count). The molecule has 1 N–H and O–H groups in total. The third kappa shape index (κ3) is 3.36. The molecule has 1 saturated heterocycles. The van der Waals surface area contributed by atoms with Crippen molar-refractivity contribution in [3.05, 3.63) is 70.8 Å². The van der Waals surface area contributed by atoms with Gasteiger partial charge in [0.05, 0.1) is 12.1 Å². The van der Waals surface area contributed by atoms with Gasteiger partial charge in [-0.05, 0) is 42.3 Å². The minimum atomic E-state index is -4.50. The number of hydrogen-bond acceptors (Lipinski definition) is 2. The van der Waals surface area contributed by atoms with Crippen molar-refractivity contribution in [2.45, 2.75) is 25.2 Å². The average Bonchev–Trinajstić information content (AvgIpc) is 2.81. The predicted octanol–water partition coefficient (Wildman–Crippen LogP) is 3.95. The van der Waals surface area contributed by atoms with E-state index in [9.17, 15) is 31.5 Å². The predicted molar refractivity (Wildman–Crippen MR) is 84.2 cm³/mol. The van der Waals surface area contributed by atoms with Gasteiger partial charge in [0.2, 0.25) is 0 Å². The van der Waals surface area contributed by atoms with Crippen LogP contribution in [0.15, 0.2) is 42.5 Å². The van der Waals surface area contributed by atoms with Gasteiger partial charge in [-0.15, -0.1) is 0 Å². The van der Waals surface area contributed by atoms with E-state index in [1.807, 2.05) is 0 Å². The second-order valence-electron chi connectivity index (χ2n) is 6.27. The van der Waals surface area contributed by atoms with Crippen molar-refractivity contribution < 1.29 is 31.5 Å². The Morgan fingerprint density at radius 2 is 1.63 bits per heavy atom. The summed E-state index contributed by atoms with van der Waals surface area (Å²) in [5.74, 6) is -2.99. The smallest absolute Gasteiger partial charge is 0.319 e. The topological polar surface area (TPSA) is 49.4 Å². The second-order valence-corrected chi connectivity index (χ2v) is 6.27. The zero-order valence-electron chi connectivity index (χ0n) is 13.9. The SMILES string of the molecule is CC1(c2ccc(F)c(F)c2)NC(=O)N(Cc2ccc(C(F)(F)F)cc2)C1=O. The molecule has 2 aromatic carbocycles. The molecular formula is C18H13F5N2O2. The monoisotopic (exact) mass is 384 g/mol. The van der Waals surface area contributed by atoms with Crippen LogP contribution in [0.1, 0.15) is 23.6 Å². The molecule has 0 bridgehead atoms.